The number of carbonyl (C=O) groups excluding carboxylic acids is 1. The first-order chi connectivity index (χ1) is 4.13. The van der Waals surface area contributed by atoms with E-state index in [1.165, 1.54) is 0 Å². The van der Waals surface area contributed by atoms with Crippen molar-refractivity contribution < 1.29 is 9.53 Å². The lowest BCUT2D eigenvalue weighted by Crippen LogP contribution is -2.35. The number of hydrogen-bond acceptors (Lipinski definition) is 2. The highest BCUT2D eigenvalue weighted by Crippen LogP contribution is 2.22. The van der Waals surface area contributed by atoms with Gasteiger partial charge in [-0.2, -0.15) is 0 Å². The molecule has 1 rings (SSSR count). The van der Waals surface area contributed by atoms with Gasteiger partial charge in [-0.25, -0.2) is 0 Å². The maximum absolute atomic E-state index is 11.0. The molecule has 0 radical (unpaired) electrons. The van der Waals surface area contributed by atoms with E-state index in [4.69, 9.17) is 4.74 Å². The highest BCUT2D eigenvalue weighted by Gasteiger charge is 2.30. The van der Waals surface area contributed by atoms with E-state index in [0.29, 0.717) is 25.4 Å². The van der Waals surface area contributed by atoms with Crippen molar-refractivity contribution in [3.63, 3.8) is 0 Å². The van der Waals surface area contributed by atoms with Crippen LogP contribution < -0.4 is 0 Å². The summed E-state index contributed by atoms with van der Waals surface area (Å²) >= 11 is 0. The molecular formula is C7H12O2. The van der Waals surface area contributed by atoms with Gasteiger partial charge in [-0.1, -0.05) is 13.8 Å². The van der Waals surface area contributed by atoms with Gasteiger partial charge in [0, 0.05) is 11.8 Å². The van der Waals surface area contributed by atoms with Crippen LogP contribution in [-0.4, -0.2) is 19.0 Å². The molecule has 1 heterocycles. The summed E-state index contributed by atoms with van der Waals surface area (Å²) in [6, 6.07) is 0. The minimum Gasteiger partial charge on any atom is -0.380 e. The summed E-state index contributed by atoms with van der Waals surface area (Å²) < 4.78 is 5.13. The molecule has 2 nitrogen and oxygen atoms in total. The molecule has 0 bridgehead atoms. The molecule has 0 aromatic heterocycles. The van der Waals surface area contributed by atoms with Crippen LogP contribution in [0.5, 0.6) is 0 Å². The summed E-state index contributed by atoms with van der Waals surface area (Å²) in [5.74, 6) is 0.328. The number of Topliss-reactive ketones (excluding diaryl/α,β-unsaturated/α-hetero) is 1. The van der Waals surface area contributed by atoms with E-state index in [-0.39, 0.29) is 5.41 Å². The van der Waals surface area contributed by atoms with Crippen molar-refractivity contribution in [3.8, 4) is 0 Å². The molecule has 0 aromatic carbocycles. The van der Waals surface area contributed by atoms with Gasteiger partial charge in [-0.05, 0) is 0 Å². The Balaban J connectivity index is 2.60. The molecule has 0 atom stereocenters. The largest absolute Gasteiger partial charge is 0.380 e. The van der Waals surface area contributed by atoms with Crippen molar-refractivity contribution in [2.45, 2.75) is 20.3 Å². The fourth-order valence-electron chi connectivity index (χ4n) is 0.911. The molecule has 2 heteroatoms. The van der Waals surface area contributed by atoms with E-state index in [9.17, 15) is 4.79 Å². The summed E-state index contributed by atoms with van der Waals surface area (Å²) in [4.78, 5) is 11.0. The smallest absolute Gasteiger partial charge is 0.143 e. The molecular weight excluding hydrogens is 116 g/mol. The van der Waals surface area contributed by atoms with Gasteiger partial charge in [0.2, 0.25) is 0 Å². The summed E-state index contributed by atoms with van der Waals surface area (Å²) in [5, 5.41) is 0. The number of carbonyl (C=O) groups is 1. The van der Waals surface area contributed by atoms with Crippen LogP contribution in [0.25, 0.3) is 0 Å². The van der Waals surface area contributed by atoms with Gasteiger partial charge in [0.1, 0.15) is 5.78 Å². The van der Waals surface area contributed by atoms with E-state index >= 15 is 0 Å². The van der Waals surface area contributed by atoms with E-state index in [1.807, 2.05) is 13.8 Å². The zero-order valence-electron chi connectivity index (χ0n) is 5.94. The monoisotopic (exact) mass is 128 g/mol. The van der Waals surface area contributed by atoms with Gasteiger partial charge in [0.25, 0.3) is 0 Å². The van der Waals surface area contributed by atoms with Gasteiger partial charge in [-0.15, -0.1) is 0 Å². The third-order valence-electron chi connectivity index (χ3n) is 1.69. The topological polar surface area (TPSA) is 26.3 Å². The SMILES string of the molecule is CC1(C)COCCC1=O. The molecule has 1 aliphatic heterocycles. The Morgan fingerprint density at radius 1 is 1.56 bits per heavy atom. The third kappa shape index (κ3) is 1.30. The normalized spacial score (nSPS) is 26.2. The minimum atomic E-state index is -0.224. The molecule has 0 N–H and O–H groups in total. The lowest BCUT2D eigenvalue weighted by Gasteiger charge is -2.27. The van der Waals surface area contributed by atoms with Crippen molar-refractivity contribution >= 4 is 5.78 Å². The van der Waals surface area contributed by atoms with Gasteiger partial charge >= 0.3 is 0 Å². The first-order valence-corrected chi connectivity index (χ1v) is 3.24. The van der Waals surface area contributed by atoms with E-state index in [2.05, 4.69) is 0 Å². The van der Waals surface area contributed by atoms with Crippen molar-refractivity contribution in [2.75, 3.05) is 13.2 Å². The minimum absolute atomic E-state index is 0.224. The molecule has 1 saturated heterocycles. The summed E-state index contributed by atoms with van der Waals surface area (Å²) in [6.07, 6.45) is 0.590. The second-order valence-corrected chi connectivity index (χ2v) is 3.11. The molecule has 1 fully saturated rings. The Bertz CT molecular complexity index is 127. The standard InChI is InChI=1S/C7H12O2/c1-7(2)5-9-4-3-6(7)8/h3-5H2,1-2H3. The molecule has 52 valence electrons. The fourth-order valence-corrected chi connectivity index (χ4v) is 0.911. The maximum atomic E-state index is 11.0. The zero-order valence-corrected chi connectivity index (χ0v) is 5.94. The van der Waals surface area contributed by atoms with Crippen LogP contribution in [0.15, 0.2) is 0 Å². The van der Waals surface area contributed by atoms with Crippen molar-refractivity contribution in [1.29, 1.82) is 0 Å². The number of ketones is 1. The first-order valence-electron chi connectivity index (χ1n) is 3.24. The van der Waals surface area contributed by atoms with Crippen LogP contribution in [0.4, 0.5) is 0 Å². The second kappa shape index (κ2) is 2.10. The predicted molar refractivity (Wildman–Crippen MR) is 34.2 cm³/mol. The molecule has 0 spiro atoms. The van der Waals surface area contributed by atoms with Crippen molar-refractivity contribution in [2.24, 2.45) is 5.41 Å². The number of hydrogen-bond donors (Lipinski definition) is 0. The zero-order chi connectivity index (χ0) is 6.91. The van der Waals surface area contributed by atoms with E-state index < -0.39 is 0 Å². The van der Waals surface area contributed by atoms with E-state index in [0.717, 1.165) is 0 Å². The summed E-state index contributed by atoms with van der Waals surface area (Å²) in [7, 11) is 0. The van der Waals surface area contributed by atoms with Gasteiger partial charge in [0.15, 0.2) is 0 Å². The number of ether oxygens (including phenoxy) is 1. The quantitative estimate of drug-likeness (QED) is 0.486. The van der Waals surface area contributed by atoms with Crippen LogP contribution in [0.2, 0.25) is 0 Å². The average Bonchev–Trinajstić information content (AvgIpc) is 1.77. The average molecular weight is 128 g/mol. The fraction of sp³-hybridized carbons (Fsp3) is 0.857. The third-order valence-corrected chi connectivity index (χ3v) is 1.69. The van der Waals surface area contributed by atoms with Crippen LogP contribution in [0.1, 0.15) is 20.3 Å². The van der Waals surface area contributed by atoms with Crippen LogP contribution in [-0.2, 0) is 9.53 Å². The lowest BCUT2D eigenvalue weighted by molar-refractivity contribution is -0.137. The molecule has 0 aliphatic carbocycles. The highest BCUT2D eigenvalue weighted by atomic mass is 16.5. The lowest BCUT2D eigenvalue weighted by atomic mass is 9.86. The molecule has 9 heavy (non-hydrogen) atoms. The van der Waals surface area contributed by atoms with Crippen LogP contribution in [0, 0.1) is 5.41 Å². The Kier molecular flexibility index (Phi) is 1.58. The predicted octanol–water partition coefficient (Wildman–Crippen LogP) is 1.00. The number of rotatable bonds is 0. The van der Waals surface area contributed by atoms with Crippen molar-refractivity contribution in [1.82, 2.24) is 0 Å². The van der Waals surface area contributed by atoms with Gasteiger partial charge in [0.05, 0.1) is 13.2 Å². The van der Waals surface area contributed by atoms with E-state index in [1.54, 1.807) is 0 Å². The van der Waals surface area contributed by atoms with Crippen LogP contribution in [0.3, 0.4) is 0 Å². The maximum Gasteiger partial charge on any atom is 0.143 e. The molecule has 0 unspecified atom stereocenters. The van der Waals surface area contributed by atoms with Gasteiger partial charge < -0.3 is 4.74 Å². The van der Waals surface area contributed by atoms with Gasteiger partial charge in [-0.3, -0.25) is 4.79 Å². The Hall–Kier alpha value is -0.370. The van der Waals surface area contributed by atoms with Crippen LogP contribution >= 0.6 is 0 Å². The Morgan fingerprint density at radius 3 is 2.56 bits per heavy atom. The molecule has 0 aromatic rings. The molecule has 1 aliphatic rings. The highest BCUT2D eigenvalue weighted by molar-refractivity contribution is 5.84. The molecule has 0 amide bonds. The Morgan fingerprint density at radius 2 is 2.22 bits per heavy atom. The summed E-state index contributed by atoms with van der Waals surface area (Å²) in [5.41, 5.74) is -0.224. The Labute approximate surface area is 55.2 Å². The van der Waals surface area contributed by atoms with Crippen molar-refractivity contribution in [3.05, 3.63) is 0 Å². The summed E-state index contributed by atoms with van der Waals surface area (Å²) in [6.45, 7) is 5.05. The molecule has 0 saturated carbocycles. The second-order valence-electron chi connectivity index (χ2n) is 3.11. The first kappa shape index (κ1) is 6.75.